The van der Waals surface area contributed by atoms with E-state index in [1.165, 1.54) is 18.0 Å². The van der Waals surface area contributed by atoms with Crippen LogP contribution in [0.4, 0.5) is 5.69 Å². The standard InChI is InChI=1S/C20H28N4O4/c1-3-28-20(27)15-4-6-16(7-5-15)24-18(25)14-17(19(24)26)21-8-9-23-12-10-22(2)11-13-23/h4-7,17,21H,3,8-14H2,1-2H3/p+3/t17-/m0/s1. The maximum atomic E-state index is 12.7. The Kier molecular flexibility index (Phi) is 6.77. The summed E-state index contributed by atoms with van der Waals surface area (Å²) in [5.41, 5.74) is 0.913. The summed E-state index contributed by atoms with van der Waals surface area (Å²) in [6.45, 7) is 8.60. The number of hydrogen-bond acceptors (Lipinski definition) is 4. The van der Waals surface area contributed by atoms with Crippen LogP contribution in [0, 0.1) is 0 Å². The first-order valence-electron chi connectivity index (χ1n) is 10.1. The third-order valence-electron chi connectivity index (χ3n) is 5.58. The number of ether oxygens (including phenoxy) is 1. The van der Waals surface area contributed by atoms with E-state index in [0.717, 1.165) is 26.2 Å². The number of anilines is 1. The number of imide groups is 1. The molecule has 2 aliphatic rings. The van der Waals surface area contributed by atoms with Gasteiger partial charge in [-0.25, -0.2) is 9.69 Å². The van der Waals surface area contributed by atoms with E-state index < -0.39 is 5.97 Å². The summed E-state index contributed by atoms with van der Waals surface area (Å²) in [6.07, 6.45) is 0.223. The number of carbonyl (C=O) groups is 3. The first kappa shape index (κ1) is 20.4. The van der Waals surface area contributed by atoms with Crippen molar-refractivity contribution in [3.8, 4) is 0 Å². The minimum Gasteiger partial charge on any atom is -0.462 e. The van der Waals surface area contributed by atoms with Gasteiger partial charge in [0.05, 0.1) is 31.3 Å². The zero-order valence-electron chi connectivity index (χ0n) is 16.7. The van der Waals surface area contributed by atoms with Crippen LogP contribution in [-0.2, 0) is 14.3 Å². The SMILES string of the molecule is CCOC(=O)c1ccc(N2C(=O)C[C@H]([NH2+]CC[NH+]3CC[NH+](C)CC3)C2=O)cc1. The second-order valence-electron chi connectivity index (χ2n) is 7.63. The molecule has 0 saturated carbocycles. The molecular weight excluding hydrogens is 360 g/mol. The van der Waals surface area contributed by atoms with Crippen LogP contribution < -0.4 is 20.0 Å². The maximum absolute atomic E-state index is 12.7. The fourth-order valence-electron chi connectivity index (χ4n) is 3.84. The molecule has 0 unspecified atom stereocenters. The first-order valence-corrected chi connectivity index (χ1v) is 10.1. The number of likely N-dealkylation sites (N-methyl/N-ethyl adjacent to an activating group) is 1. The Bertz CT molecular complexity index is 713. The van der Waals surface area contributed by atoms with Gasteiger partial charge in [0.2, 0.25) is 5.91 Å². The van der Waals surface area contributed by atoms with Crippen LogP contribution in [0.1, 0.15) is 23.7 Å². The molecule has 2 fully saturated rings. The minimum absolute atomic E-state index is 0.174. The van der Waals surface area contributed by atoms with Crippen LogP contribution in [0.5, 0.6) is 0 Å². The summed E-state index contributed by atoms with van der Waals surface area (Å²) in [6, 6.07) is 6.07. The Balaban J connectivity index is 1.53. The molecule has 8 nitrogen and oxygen atoms in total. The van der Waals surface area contributed by atoms with Crippen molar-refractivity contribution in [1.29, 1.82) is 0 Å². The van der Waals surface area contributed by atoms with Gasteiger partial charge in [-0.3, -0.25) is 9.59 Å². The minimum atomic E-state index is -0.410. The number of quaternary nitrogens is 3. The van der Waals surface area contributed by atoms with Gasteiger partial charge in [0.1, 0.15) is 39.3 Å². The van der Waals surface area contributed by atoms with Crippen molar-refractivity contribution in [2.45, 2.75) is 19.4 Å². The highest BCUT2D eigenvalue weighted by Gasteiger charge is 2.42. The number of esters is 1. The van der Waals surface area contributed by atoms with E-state index in [9.17, 15) is 14.4 Å². The number of nitrogens with zero attached hydrogens (tertiary/aromatic N) is 1. The van der Waals surface area contributed by atoms with Crippen LogP contribution in [0.2, 0.25) is 0 Å². The van der Waals surface area contributed by atoms with Crippen LogP contribution in [0.15, 0.2) is 24.3 Å². The molecular formula is C20H31N4O4+3. The topological polar surface area (TPSA) is 89.2 Å². The lowest BCUT2D eigenvalue weighted by atomic mass is 10.2. The monoisotopic (exact) mass is 391 g/mol. The smallest absolute Gasteiger partial charge is 0.338 e. The van der Waals surface area contributed by atoms with E-state index in [1.54, 1.807) is 41.0 Å². The zero-order chi connectivity index (χ0) is 20.1. The Morgan fingerprint density at radius 2 is 1.86 bits per heavy atom. The number of hydrogen-bond donors (Lipinski definition) is 3. The van der Waals surface area contributed by atoms with Gasteiger partial charge in [-0.1, -0.05) is 0 Å². The van der Waals surface area contributed by atoms with Gasteiger partial charge >= 0.3 is 5.97 Å². The van der Waals surface area contributed by atoms with Crippen molar-refractivity contribution >= 4 is 23.5 Å². The van der Waals surface area contributed by atoms with E-state index in [-0.39, 0.29) is 24.3 Å². The zero-order valence-corrected chi connectivity index (χ0v) is 16.7. The van der Waals surface area contributed by atoms with Crippen LogP contribution in [0.3, 0.4) is 0 Å². The summed E-state index contributed by atoms with van der Waals surface area (Å²) in [5.74, 6) is -0.773. The molecule has 0 radical (unpaired) electrons. The molecule has 2 saturated heterocycles. The first-order chi connectivity index (χ1) is 13.5. The second kappa shape index (κ2) is 9.27. The third-order valence-corrected chi connectivity index (χ3v) is 5.58. The lowest BCUT2D eigenvalue weighted by molar-refractivity contribution is -1.01. The van der Waals surface area contributed by atoms with Crippen molar-refractivity contribution in [3.63, 3.8) is 0 Å². The van der Waals surface area contributed by atoms with E-state index in [2.05, 4.69) is 7.05 Å². The average Bonchev–Trinajstić information content (AvgIpc) is 2.97. The summed E-state index contributed by atoms with van der Waals surface area (Å²) < 4.78 is 4.96. The fraction of sp³-hybridized carbons (Fsp3) is 0.550. The van der Waals surface area contributed by atoms with Gasteiger partial charge in [-0.15, -0.1) is 0 Å². The number of nitrogens with two attached hydrogens (primary N) is 1. The van der Waals surface area contributed by atoms with Crippen LogP contribution in [-0.4, -0.2) is 76.7 Å². The number of amides is 2. The Morgan fingerprint density at radius 1 is 1.18 bits per heavy atom. The predicted molar refractivity (Wildman–Crippen MR) is 102 cm³/mol. The molecule has 1 aromatic carbocycles. The number of piperazine rings is 1. The average molecular weight is 391 g/mol. The van der Waals surface area contributed by atoms with Gasteiger partial charge in [-0.05, 0) is 31.2 Å². The number of nitrogens with one attached hydrogen (secondary N) is 2. The van der Waals surface area contributed by atoms with Crippen molar-refractivity contribution in [2.75, 3.05) is 57.8 Å². The van der Waals surface area contributed by atoms with Gasteiger partial charge in [0, 0.05) is 0 Å². The number of benzene rings is 1. The molecule has 8 heteroatoms. The molecule has 0 aliphatic carbocycles. The van der Waals surface area contributed by atoms with Gasteiger partial charge in [0.25, 0.3) is 5.91 Å². The molecule has 1 atom stereocenters. The quantitative estimate of drug-likeness (QED) is 0.332. The van der Waals surface area contributed by atoms with E-state index >= 15 is 0 Å². The summed E-state index contributed by atoms with van der Waals surface area (Å²) in [4.78, 5) is 41.3. The van der Waals surface area contributed by atoms with Crippen LogP contribution in [0.25, 0.3) is 0 Å². The third kappa shape index (κ3) is 4.76. The molecule has 0 bridgehead atoms. The summed E-state index contributed by atoms with van der Waals surface area (Å²) in [5, 5.41) is 2.01. The van der Waals surface area contributed by atoms with Crippen molar-refractivity contribution < 1.29 is 34.2 Å². The largest absolute Gasteiger partial charge is 0.462 e. The van der Waals surface area contributed by atoms with E-state index in [1.807, 2.05) is 5.32 Å². The molecule has 28 heavy (non-hydrogen) atoms. The van der Waals surface area contributed by atoms with Crippen LogP contribution >= 0.6 is 0 Å². The number of rotatable bonds is 7. The van der Waals surface area contributed by atoms with Gasteiger partial charge in [-0.2, -0.15) is 0 Å². The molecule has 2 aliphatic heterocycles. The Hall–Kier alpha value is -2.29. The van der Waals surface area contributed by atoms with Gasteiger partial charge < -0.3 is 19.9 Å². The van der Waals surface area contributed by atoms with Crippen molar-refractivity contribution in [2.24, 2.45) is 0 Å². The normalized spacial score (nSPS) is 25.2. The Labute approximate surface area is 165 Å². The summed E-state index contributed by atoms with van der Waals surface area (Å²) in [7, 11) is 2.22. The number of carbonyl (C=O) groups excluding carboxylic acids is 3. The van der Waals surface area contributed by atoms with Crippen molar-refractivity contribution in [1.82, 2.24) is 0 Å². The van der Waals surface area contributed by atoms with Crippen molar-refractivity contribution in [3.05, 3.63) is 29.8 Å². The highest BCUT2D eigenvalue weighted by molar-refractivity contribution is 6.21. The molecule has 152 valence electrons. The maximum Gasteiger partial charge on any atom is 0.338 e. The molecule has 0 aromatic heterocycles. The fourth-order valence-corrected chi connectivity index (χ4v) is 3.84. The molecule has 1 aromatic rings. The molecule has 2 amide bonds. The van der Waals surface area contributed by atoms with E-state index in [0.29, 0.717) is 17.9 Å². The highest BCUT2D eigenvalue weighted by atomic mass is 16.5. The second-order valence-corrected chi connectivity index (χ2v) is 7.63. The highest BCUT2D eigenvalue weighted by Crippen LogP contribution is 2.22. The molecule has 2 heterocycles. The lowest BCUT2D eigenvalue weighted by Gasteiger charge is -2.26. The van der Waals surface area contributed by atoms with E-state index in [4.69, 9.17) is 4.74 Å². The lowest BCUT2D eigenvalue weighted by Crippen LogP contribution is -3.27. The molecule has 0 spiro atoms. The van der Waals surface area contributed by atoms with Gasteiger partial charge in [0.15, 0.2) is 6.04 Å². The summed E-state index contributed by atoms with van der Waals surface area (Å²) >= 11 is 0. The predicted octanol–water partition coefficient (Wildman–Crippen LogP) is -3.53. The Morgan fingerprint density at radius 3 is 2.50 bits per heavy atom. The molecule has 3 rings (SSSR count). The molecule has 4 N–H and O–H groups in total.